The van der Waals surface area contributed by atoms with Gasteiger partial charge in [-0.15, -0.1) is 0 Å². The van der Waals surface area contributed by atoms with E-state index in [9.17, 15) is 20.0 Å². The molecule has 7 nitrogen and oxygen atoms in total. The van der Waals surface area contributed by atoms with E-state index in [0.717, 1.165) is 0 Å². The first-order valence-corrected chi connectivity index (χ1v) is 6.29. The summed E-state index contributed by atoms with van der Waals surface area (Å²) in [6.45, 7) is 0.557. The van der Waals surface area contributed by atoms with E-state index in [1.165, 1.54) is 18.2 Å². The predicted octanol–water partition coefficient (Wildman–Crippen LogP) is 1.50. The van der Waals surface area contributed by atoms with Crippen LogP contribution < -0.4 is 4.90 Å². The van der Waals surface area contributed by atoms with Crippen LogP contribution in [0.5, 0.6) is 0 Å². The van der Waals surface area contributed by atoms with Crippen LogP contribution in [0.15, 0.2) is 18.2 Å². The number of aliphatic hydroxyl groups is 1. The molecule has 1 aliphatic carbocycles. The molecule has 0 spiro atoms. The molecule has 1 saturated carbocycles. The SMILES string of the molecule is CN(CC1CC(O)C1)c1cc(C(=O)O)ccc1[N+](=O)[O-]. The molecule has 0 unspecified atom stereocenters. The van der Waals surface area contributed by atoms with Gasteiger partial charge in [0.2, 0.25) is 0 Å². The van der Waals surface area contributed by atoms with Crippen LogP contribution in [0.2, 0.25) is 0 Å². The summed E-state index contributed by atoms with van der Waals surface area (Å²) in [5, 5.41) is 29.3. The highest BCUT2D eigenvalue weighted by molar-refractivity contribution is 5.90. The summed E-state index contributed by atoms with van der Waals surface area (Å²) in [5.74, 6) is -0.836. The maximum atomic E-state index is 11.0. The predicted molar refractivity (Wildman–Crippen MR) is 72.1 cm³/mol. The number of carboxylic acid groups (broad SMARTS) is 1. The van der Waals surface area contributed by atoms with Crippen LogP contribution in [0.25, 0.3) is 0 Å². The van der Waals surface area contributed by atoms with Gasteiger partial charge in [-0.2, -0.15) is 0 Å². The Balaban J connectivity index is 2.24. The summed E-state index contributed by atoms with van der Waals surface area (Å²) in [5.41, 5.74) is 0.194. The first-order chi connectivity index (χ1) is 9.38. The van der Waals surface area contributed by atoms with Crippen molar-refractivity contribution in [2.75, 3.05) is 18.5 Å². The molecular weight excluding hydrogens is 264 g/mol. The number of hydrogen-bond donors (Lipinski definition) is 2. The molecule has 0 atom stereocenters. The van der Waals surface area contributed by atoms with Crippen molar-refractivity contribution in [3.63, 3.8) is 0 Å². The Hall–Kier alpha value is -2.15. The minimum atomic E-state index is -1.12. The lowest BCUT2D eigenvalue weighted by Gasteiger charge is -2.35. The Morgan fingerprint density at radius 2 is 2.15 bits per heavy atom. The first-order valence-electron chi connectivity index (χ1n) is 6.29. The monoisotopic (exact) mass is 280 g/mol. The van der Waals surface area contributed by atoms with E-state index in [1.54, 1.807) is 11.9 Å². The lowest BCUT2D eigenvalue weighted by Crippen LogP contribution is -2.37. The van der Waals surface area contributed by atoms with Crippen molar-refractivity contribution in [1.29, 1.82) is 0 Å². The number of aliphatic hydroxyl groups excluding tert-OH is 1. The number of carbonyl (C=O) groups is 1. The standard InChI is InChI=1S/C13H16N2O5/c1-14(7-8-4-10(16)5-8)12-6-9(13(17)18)2-3-11(12)15(19)20/h2-3,6,8,10,16H,4-5,7H2,1H3,(H,17,18). The molecule has 1 aromatic rings. The van der Waals surface area contributed by atoms with Gasteiger partial charge in [-0.25, -0.2) is 4.79 Å². The van der Waals surface area contributed by atoms with Crippen molar-refractivity contribution < 1.29 is 19.9 Å². The number of nitro groups is 1. The highest BCUT2D eigenvalue weighted by Gasteiger charge is 2.29. The molecule has 0 heterocycles. The summed E-state index contributed by atoms with van der Waals surface area (Å²) >= 11 is 0. The van der Waals surface area contributed by atoms with Crippen molar-refractivity contribution in [3.8, 4) is 0 Å². The van der Waals surface area contributed by atoms with Crippen LogP contribution in [0.3, 0.4) is 0 Å². The maximum Gasteiger partial charge on any atom is 0.335 e. The summed E-state index contributed by atoms with van der Waals surface area (Å²) in [6, 6.07) is 3.76. The number of nitrogens with zero attached hydrogens (tertiary/aromatic N) is 2. The summed E-state index contributed by atoms with van der Waals surface area (Å²) in [7, 11) is 1.69. The number of benzene rings is 1. The van der Waals surface area contributed by atoms with Gasteiger partial charge < -0.3 is 15.1 Å². The minimum Gasteiger partial charge on any atom is -0.478 e. The van der Waals surface area contributed by atoms with Crippen molar-refractivity contribution in [2.24, 2.45) is 5.92 Å². The maximum absolute atomic E-state index is 11.0. The lowest BCUT2D eigenvalue weighted by molar-refractivity contribution is -0.384. The molecule has 1 aromatic carbocycles. The van der Waals surface area contributed by atoms with Crippen LogP contribution in [-0.4, -0.2) is 40.8 Å². The Bertz CT molecular complexity index is 540. The fourth-order valence-corrected chi connectivity index (χ4v) is 2.45. The molecule has 0 amide bonds. The second-order valence-corrected chi connectivity index (χ2v) is 5.14. The topological polar surface area (TPSA) is 104 Å². The highest BCUT2D eigenvalue weighted by atomic mass is 16.6. The highest BCUT2D eigenvalue weighted by Crippen LogP contribution is 2.33. The molecule has 0 aromatic heterocycles. The van der Waals surface area contributed by atoms with Gasteiger partial charge in [0.1, 0.15) is 5.69 Å². The zero-order valence-corrected chi connectivity index (χ0v) is 11.0. The number of rotatable bonds is 5. The smallest absolute Gasteiger partial charge is 0.335 e. The minimum absolute atomic E-state index is 0.0195. The molecular formula is C13H16N2O5. The van der Waals surface area contributed by atoms with Crippen molar-refractivity contribution in [1.82, 2.24) is 0 Å². The Morgan fingerprint density at radius 1 is 1.50 bits per heavy atom. The zero-order valence-electron chi connectivity index (χ0n) is 11.0. The Morgan fingerprint density at radius 3 is 2.65 bits per heavy atom. The Labute approximate surface area is 115 Å². The molecule has 7 heteroatoms. The van der Waals surface area contributed by atoms with E-state index < -0.39 is 10.9 Å². The first kappa shape index (κ1) is 14.3. The molecule has 0 bridgehead atoms. The van der Waals surface area contributed by atoms with Crippen molar-refractivity contribution in [3.05, 3.63) is 33.9 Å². The molecule has 0 radical (unpaired) electrons. The molecule has 0 aliphatic heterocycles. The molecule has 20 heavy (non-hydrogen) atoms. The fourth-order valence-electron chi connectivity index (χ4n) is 2.45. The van der Waals surface area contributed by atoms with Crippen LogP contribution in [0.4, 0.5) is 11.4 Å². The van der Waals surface area contributed by atoms with Crippen LogP contribution >= 0.6 is 0 Å². The van der Waals surface area contributed by atoms with Gasteiger partial charge in [0, 0.05) is 19.7 Å². The van der Waals surface area contributed by atoms with Gasteiger partial charge in [-0.1, -0.05) is 0 Å². The van der Waals surface area contributed by atoms with Crippen molar-refractivity contribution >= 4 is 17.3 Å². The van der Waals surface area contributed by atoms with Gasteiger partial charge >= 0.3 is 5.97 Å². The second-order valence-electron chi connectivity index (χ2n) is 5.14. The number of carboxylic acids is 1. The quantitative estimate of drug-likeness (QED) is 0.625. The largest absolute Gasteiger partial charge is 0.478 e. The van der Waals surface area contributed by atoms with Gasteiger partial charge in [0.05, 0.1) is 16.6 Å². The van der Waals surface area contributed by atoms with E-state index in [0.29, 0.717) is 19.4 Å². The normalized spacial score (nSPS) is 21.1. The van der Waals surface area contributed by atoms with Crippen LogP contribution in [0.1, 0.15) is 23.2 Å². The molecule has 2 N–H and O–H groups in total. The molecule has 2 rings (SSSR count). The fraction of sp³-hybridized carbons (Fsp3) is 0.462. The lowest BCUT2D eigenvalue weighted by atomic mass is 9.82. The van der Waals surface area contributed by atoms with Gasteiger partial charge in [-0.3, -0.25) is 10.1 Å². The number of hydrogen-bond acceptors (Lipinski definition) is 5. The van der Waals surface area contributed by atoms with Gasteiger partial charge in [-0.05, 0) is 30.9 Å². The van der Waals surface area contributed by atoms with E-state index in [-0.39, 0.29) is 29.0 Å². The number of aromatic carboxylic acids is 1. The molecule has 108 valence electrons. The molecule has 1 aliphatic rings. The number of anilines is 1. The average Bonchev–Trinajstić information content (AvgIpc) is 2.35. The zero-order chi connectivity index (χ0) is 14.9. The third-order valence-electron chi connectivity index (χ3n) is 3.57. The molecule has 1 fully saturated rings. The molecule has 0 saturated heterocycles. The van der Waals surface area contributed by atoms with E-state index in [4.69, 9.17) is 5.11 Å². The second kappa shape index (κ2) is 5.46. The Kier molecular flexibility index (Phi) is 3.89. The average molecular weight is 280 g/mol. The summed E-state index contributed by atoms with van der Waals surface area (Å²) < 4.78 is 0. The van der Waals surface area contributed by atoms with Crippen molar-refractivity contribution in [2.45, 2.75) is 18.9 Å². The van der Waals surface area contributed by atoms with Gasteiger partial charge in [0.25, 0.3) is 5.69 Å². The van der Waals surface area contributed by atoms with Crippen LogP contribution in [0, 0.1) is 16.0 Å². The third-order valence-corrected chi connectivity index (χ3v) is 3.57. The van der Waals surface area contributed by atoms with Crippen LogP contribution in [-0.2, 0) is 0 Å². The summed E-state index contributed by atoms with van der Waals surface area (Å²) in [4.78, 5) is 23.1. The summed E-state index contributed by atoms with van der Waals surface area (Å²) in [6.07, 6.45) is 1.07. The van der Waals surface area contributed by atoms with Gasteiger partial charge in [0.15, 0.2) is 0 Å². The number of nitro benzene ring substituents is 1. The third kappa shape index (κ3) is 2.88. The van der Waals surface area contributed by atoms with E-state index in [1.807, 2.05) is 0 Å². The van der Waals surface area contributed by atoms with E-state index in [2.05, 4.69) is 0 Å². The van der Waals surface area contributed by atoms with E-state index >= 15 is 0 Å².